The molecular weight excluding hydrogens is 331 g/mol. The van der Waals surface area contributed by atoms with Crippen molar-refractivity contribution in [2.45, 2.75) is 24.4 Å². The van der Waals surface area contributed by atoms with Crippen LogP contribution >= 0.6 is 10.7 Å². The quantitative estimate of drug-likeness (QED) is 0.772. The Morgan fingerprint density at radius 1 is 1.24 bits per heavy atom. The number of alkyl halides is 3. The first-order valence-corrected chi connectivity index (χ1v) is 8.26. The molecule has 0 fully saturated rings. The van der Waals surface area contributed by atoms with E-state index in [9.17, 15) is 26.4 Å². The Morgan fingerprint density at radius 3 is 2.14 bits per heavy atom. The van der Waals surface area contributed by atoms with E-state index in [0.717, 1.165) is 24.3 Å². The summed E-state index contributed by atoms with van der Waals surface area (Å²) in [6.07, 6.45) is -4.12. The number of hydrogen-bond acceptors (Lipinski definition) is 3. The number of halogens is 4. The van der Waals surface area contributed by atoms with Gasteiger partial charge in [0, 0.05) is 22.8 Å². The molecule has 21 heavy (non-hydrogen) atoms. The molecule has 9 heteroatoms. The van der Waals surface area contributed by atoms with E-state index in [4.69, 9.17) is 10.7 Å². The average Bonchev–Trinajstić information content (AvgIpc) is 2.35. The van der Waals surface area contributed by atoms with E-state index in [1.54, 1.807) is 6.92 Å². The van der Waals surface area contributed by atoms with Gasteiger partial charge in [-0.05, 0) is 30.7 Å². The van der Waals surface area contributed by atoms with E-state index in [1.165, 1.54) is 0 Å². The van der Waals surface area contributed by atoms with Gasteiger partial charge in [0.05, 0.1) is 4.90 Å². The minimum atomic E-state index is -4.50. The lowest BCUT2D eigenvalue weighted by atomic mass is 10.2. The fourth-order valence-corrected chi connectivity index (χ4v) is 2.45. The second-order valence-corrected chi connectivity index (χ2v) is 6.87. The summed E-state index contributed by atoms with van der Waals surface area (Å²) in [5.74, 6) is -0.812. The Balaban J connectivity index is 2.99. The molecule has 0 aliphatic heterocycles. The molecule has 0 atom stereocenters. The summed E-state index contributed by atoms with van der Waals surface area (Å²) in [4.78, 5) is 12.5. The lowest BCUT2D eigenvalue weighted by Gasteiger charge is -2.23. The number of carbonyl (C=O) groups excluding carboxylic acids is 1. The van der Waals surface area contributed by atoms with Gasteiger partial charge in [-0.1, -0.05) is 6.92 Å². The van der Waals surface area contributed by atoms with Gasteiger partial charge in [-0.2, -0.15) is 13.2 Å². The summed E-state index contributed by atoms with van der Waals surface area (Å²) in [5.41, 5.74) is -0.0308. The normalized spacial score (nSPS) is 12.2. The molecule has 1 aromatic rings. The summed E-state index contributed by atoms with van der Waals surface area (Å²) in [5, 5.41) is 0. The van der Waals surface area contributed by atoms with Crippen molar-refractivity contribution in [2.24, 2.45) is 0 Å². The second kappa shape index (κ2) is 6.65. The van der Waals surface area contributed by atoms with Crippen LogP contribution in [0.15, 0.2) is 29.2 Å². The van der Waals surface area contributed by atoms with Crippen molar-refractivity contribution in [1.82, 2.24) is 4.90 Å². The molecule has 1 rings (SSSR count). The zero-order chi connectivity index (χ0) is 16.3. The highest BCUT2D eigenvalue weighted by atomic mass is 35.7. The Bertz CT molecular complexity index is 599. The first kappa shape index (κ1) is 17.8. The van der Waals surface area contributed by atoms with Crippen molar-refractivity contribution in [3.63, 3.8) is 0 Å². The van der Waals surface area contributed by atoms with Gasteiger partial charge >= 0.3 is 6.18 Å². The van der Waals surface area contributed by atoms with Crippen LogP contribution < -0.4 is 0 Å². The third kappa shape index (κ3) is 5.55. The molecule has 118 valence electrons. The minimum absolute atomic E-state index is 0.0308. The van der Waals surface area contributed by atoms with Crippen LogP contribution in [0, 0.1) is 0 Å². The number of amides is 1. The van der Waals surface area contributed by atoms with E-state index < -0.39 is 27.7 Å². The van der Waals surface area contributed by atoms with Crippen molar-refractivity contribution >= 4 is 25.6 Å². The van der Waals surface area contributed by atoms with Crippen molar-refractivity contribution in [1.29, 1.82) is 0 Å². The van der Waals surface area contributed by atoms with Crippen molar-refractivity contribution in [3.8, 4) is 0 Å². The monoisotopic (exact) mass is 343 g/mol. The van der Waals surface area contributed by atoms with Gasteiger partial charge in [-0.15, -0.1) is 0 Å². The molecule has 0 aliphatic carbocycles. The first-order valence-electron chi connectivity index (χ1n) is 5.95. The van der Waals surface area contributed by atoms with Gasteiger partial charge in [0.15, 0.2) is 0 Å². The number of rotatable bonds is 5. The molecule has 1 aromatic carbocycles. The molecule has 0 radical (unpaired) electrons. The summed E-state index contributed by atoms with van der Waals surface area (Å²) < 4.78 is 59.4. The first-order chi connectivity index (χ1) is 9.54. The highest BCUT2D eigenvalue weighted by molar-refractivity contribution is 8.13. The second-order valence-electron chi connectivity index (χ2n) is 4.30. The summed E-state index contributed by atoms with van der Waals surface area (Å²) >= 11 is 0. The van der Waals surface area contributed by atoms with Crippen LogP contribution in [-0.4, -0.2) is 38.5 Å². The number of hydrogen-bond donors (Lipinski definition) is 0. The van der Waals surface area contributed by atoms with E-state index in [2.05, 4.69) is 0 Å². The van der Waals surface area contributed by atoms with E-state index >= 15 is 0 Å². The van der Waals surface area contributed by atoms with Crippen LogP contribution in [0.3, 0.4) is 0 Å². The van der Waals surface area contributed by atoms with Crippen LogP contribution in [0.2, 0.25) is 0 Å². The Labute approximate surface area is 124 Å². The lowest BCUT2D eigenvalue weighted by Crippen LogP contribution is -2.39. The molecule has 0 saturated heterocycles. The van der Waals surface area contributed by atoms with Gasteiger partial charge in [-0.3, -0.25) is 4.79 Å². The number of carbonyl (C=O) groups is 1. The third-order valence-corrected chi connectivity index (χ3v) is 3.90. The largest absolute Gasteiger partial charge is 0.406 e. The molecule has 0 bridgehead atoms. The standard InChI is InChI=1S/C12H13ClF3NO3S/c1-2-7-17(8-12(14,15)16)11(18)9-3-5-10(6-4-9)21(13,19)20/h3-6H,2,7-8H2,1H3. The zero-order valence-corrected chi connectivity index (χ0v) is 12.6. The van der Waals surface area contributed by atoms with Crippen LogP contribution in [0.4, 0.5) is 13.2 Å². The molecular formula is C12H13ClF3NO3S. The van der Waals surface area contributed by atoms with Crippen LogP contribution in [0.25, 0.3) is 0 Å². The maximum Gasteiger partial charge on any atom is 0.406 e. The molecule has 0 unspecified atom stereocenters. The molecule has 4 nitrogen and oxygen atoms in total. The van der Waals surface area contributed by atoms with Gasteiger partial charge < -0.3 is 4.90 Å². The zero-order valence-electron chi connectivity index (χ0n) is 11.0. The molecule has 0 N–H and O–H groups in total. The predicted molar refractivity (Wildman–Crippen MR) is 71.7 cm³/mol. The van der Waals surface area contributed by atoms with E-state index in [1.807, 2.05) is 0 Å². The minimum Gasteiger partial charge on any atom is -0.330 e. The Kier molecular flexibility index (Phi) is 5.63. The average molecular weight is 344 g/mol. The summed E-state index contributed by atoms with van der Waals surface area (Å²) in [6, 6.07) is 4.42. The predicted octanol–water partition coefficient (Wildman–Crippen LogP) is 3.03. The fourth-order valence-electron chi connectivity index (χ4n) is 1.68. The molecule has 0 heterocycles. The SMILES string of the molecule is CCCN(CC(F)(F)F)C(=O)c1ccc(S(=O)(=O)Cl)cc1. The fraction of sp³-hybridized carbons (Fsp3) is 0.417. The highest BCUT2D eigenvalue weighted by Gasteiger charge is 2.33. The van der Waals surface area contributed by atoms with Crippen molar-refractivity contribution in [3.05, 3.63) is 29.8 Å². The van der Waals surface area contributed by atoms with E-state index in [-0.39, 0.29) is 17.0 Å². The van der Waals surface area contributed by atoms with Gasteiger partial charge in [0.25, 0.3) is 15.0 Å². The summed E-state index contributed by atoms with van der Waals surface area (Å²) in [6.45, 7) is 0.253. The van der Waals surface area contributed by atoms with Gasteiger partial charge in [-0.25, -0.2) is 8.42 Å². The third-order valence-electron chi connectivity index (χ3n) is 2.53. The molecule has 0 aromatic heterocycles. The smallest absolute Gasteiger partial charge is 0.330 e. The van der Waals surface area contributed by atoms with Crippen LogP contribution in [0.5, 0.6) is 0 Å². The van der Waals surface area contributed by atoms with Gasteiger partial charge in [0.2, 0.25) is 0 Å². The summed E-state index contributed by atoms with van der Waals surface area (Å²) in [7, 11) is 1.18. The molecule has 1 amide bonds. The maximum atomic E-state index is 12.4. The van der Waals surface area contributed by atoms with E-state index in [0.29, 0.717) is 11.3 Å². The Hall–Kier alpha value is -1.28. The molecule has 0 aliphatic rings. The Morgan fingerprint density at radius 2 is 1.76 bits per heavy atom. The van der Waals surface area contributed by atoms with Crippen LogP contribution in [0.1, 0.15) is 23.7 Å². The topological polar surface area (TPSA) is 54.5 Å². The number of nitrogens with zero attached hydrogens (tertiary/aromatic N) is 1. The molecule has 0 spiro atoms. The van der Waals surface area contributed by atoms with Crippen molar-refractivity contribution < 1.29 is 26.4 Å². The van der Waals surface area contributed by atoms with Crippen molar-refractivity contribution in [2.75, 3.05) is 13.1 Å². The lowest BCUT2D eigenvalue weighted by molar-refractivity contribution is -0.140. The molecule has 0 saturated carbocycles. The van der Waals surface area contributed by atoms with Crippen LogP contribution in [-0.2, 0) is 9.05 Å². The maximum absolute atomic E-state index is 12.4. The highest BCUT2D eigenvalue weighted by Crippen LogP contribution is 2.20. The van der Waals surface area contributed by atoms with Gasteiger partial charge in [0.1, 0.15) is 6.54 Å². The number of benzene rings is 1.